The number of H-pyrrole nitrogens is 1. The van der Waals surface area contributed by atoms with Crippen molar-refractivity contribution in [1.82, 2.24) is 9.97 Å². The van der Waals surface area contributed by atoms with Crippen LogP contribution in [-0.4, -0.2) is 9.97 Å². The zero-order chi connectivity index (χ0) is 7.68. The first-order chi connectivity index (χ1) is 5.38. The van der Waals surface area contributed by atoms with Crippen LogP contribution in [0, 0.1) is 4.51 Å². The Morgan fingerprint density at radius 2 is 2.27 bits per heavy atom. The number of aromatic nitrogens is 2. The molecule has 0 bridgehead atoms. The number of rotatable bonds is 0. The number of hydrogen-bond donors (Lipinski definition) is 1. The van der Waals surface area contributed by atoms with Crippen LogP contribution >= 0.6 is 12.2 Å². The molecule has 54 valence electrons. The Bertz CT molecular complexity index is 428. The molecule has 0 atom stereocenters. The Morgan fingerprint density at radius 1 is 1.36 bits per heavy atom. The molecular weight excluding hydrogens is 156 g/mol. The number of hydrogen-bond acceptors (Lipinski definition) is 2. The molecule has 2 aromatic rings. The Balaban J connectivity index is 3.03. The summed E-state index contributed by atoms with van der Waals surface area (Å²) < 4.78 is 0.791. The molecule has 0 aliphatic carbocycles. The summed E-state index contributed by atoms with van der Waals surface area (Å²) in [4.78, 5) is 7.21. The average molecular weight is 162 g/mol. The molecule has 0 unspecified atom stereocenters. The molecule has 0 saturated heterocycles. The molecule has 0 aliphatic heterocycles. The second-order valence-corrected chi connectivity index (χ2v) is 2.68. The molecule has 2 nitrogen and oxygen atoms in total. The highest BCUT2D eigenvalue weighted by Gasteiger charge is 1.91. The maximum absolute atomic E-state index is 5.07. The van der Waals surface area contributed by atoms with Gasteiger partial charge in [0.15, 0.2) is 0 Å². The Morgan fingerprint density at radius 3 is 3.09 bits per heavy atom. The molecule has 2 rings (SSSR count). The second kappa shape index (κ2) is 2.43. The van der Waals surface area contributed by atoms with E-state index in [1.165, 1.54) is 0 Å². The summed E-state index contributed by atoms with van der Waals surface area (Å²) in [6, 6.07) is 5.68. The number of pyridine rings is 2. The highest BCUT2D eigenvalue weighted by atomic mass is 32.1. The largest absolute Gasteiger partial charge is 0.360 e. The van der Waals surface area contributed by atoms with E-state index in [9.17, 15) is 0 Å². The number of nitrogens with one attached hydrogen (secondary N) is 1. The van der Waals surface area contributed by atoms with Crippen LogP contribution in [0.5, 0.6) is 0 Å². The summed E-state index contributed by atoms with van der Waals surface area (Å²) in [5.41, 5.74) is 1.85. The van der Waals surface area contributed by atoms with Crippen molar-refractivity contribution in [2.24, 2.45) is 0 Å². The SMILES string of the molecule is S=c1cc[nH]c2cccnc12. The number of aromatic amines is 1. The van der Waals surface area contributed by atoms with Gasteiger partial charge in [-0.2, -0.15) is 0 Å². The molecule has 2 aromatic heterocycles. The fourth-order valence-electron chi connectivity index (χ4n) is 1.00. The van der Waals surface area contributed by atoms with Gasteiger partial charge >= 0.3 is 0 Å². The summed E-state index contributed by atoms with van der Waals surface area (Å²) in [5, 5.41) is 0. The lowest BCUT2D eigenvalue weighted by molar-refractivity contribution is 1.33. The summed E-state index contributed by atoms with van der Waals surface area (Å²) in [5.74, 6) is 0. The van der Waals surface area contributed by atoms with E-state index in [4.69, 9.17) is 12.2 Å². The van der Waals surface area contributed by atoms with E-state index in [1.807, 2.05) is 24.4 Å². The molecular formula is C8H6N2S. The lowest BCUT2D eigenvalue weighted by Gasteiger charge is -1.93. The fourth-order valence-corrected chi connectivity index (χ4v) is 1.23. The standard InChI is InChI=1S/C8H6N2S/c11-7-3-5-9-6-2-1-4-10-8(6)7/h1-5H,(H,9,11). The van der Waals surface area contributed by atoms with Crippen LogP contribution in [0.15, 0.2) is 30.6 Å². The third-order valence-electron chi connectivity index (χ3n) is 1.51. The summed E-state index contributed by atoms with van der Waals surface area (Å²) >= 11 is 5.07. The topological polar surface area (TPSA) is 28.7 Å². The van der Waals surface area contributed by atoms with E-state index < -0.39 is 0 Å². The lowest BCUT2D eigenvalue weighted by atomic mass is 10.3. The van der Waals surface area contributed by atoms with Crippen LogP contribution in [0.1, 0.15) is 0 Å². The van der Waals surface area contributed by atoms with Crippen LogP contribution in [-0.2, 0) is 0 Å². The van der Waals surface area contributed by atoms with E-state index >= 15 is 0 Å². The molecule has 3 heteroatoms. The molecule has 1 N–H and O–H groups in total. The van der Waals surface area contributed by atoms with Crippen molar-refractivity contribution < 1.29 is 0 Å². The first-order valence-corrected chi connectivity index (χ1v) is 3.71. The van der Waals surface area contributed by atoms with Gasteiger partial charge in [0, 0.05) is 12.4 Å². The van der Waals surface area contributed by atoms with Gasteiger partial charge in [0.2, 0.25) is 0 Å². The molecule has 2 heterocycles. The highest BCUT2D eigenvalue weighted by molar-refractivity contribution is 7.71. The van der Waals surface area contributed by atoms with E-state index in [0.717, 1.165) is 15.5 Å². The van der Waals surface area contributed by atoms with Crippen molar-refractivity contribution in [3.05, 3.63) is 35.1 Å². The molecule has 0 spiro atoms. The summed E-state index contributed by atoms with van der Waals surface area (Å²) in [7, 11) is 0. The first-order valence-electron chi connectivity index (χ1n) is 3.30. The second-order valence-electron chi connectivity index (χ2n) is 2.24. The lowest BCUT2D eigenvalue weighted by Crippen LogP contribution is -1.80. The van der Waals surface area contributed by atoms with Gasteiger partial charge < -0.3 is 4.98 Å². The summed E-state index contributed by atoms with van der Waals surface area (Å²) in [6.45, 7) is 0. The van der Waals surface area contributed by atoms with Crippen molar-refractivity contribution in [2.45, 2.75) is 0 Å². The zero-order valence-corrected chi connectivity index (χ0v) is 6.56. The molecule has 0 aliphatic rings. The normalized spacial score (nSPS) is 10.2. The van der Waals surface area contributed by atoms with Gasteiger partial charge in [-0.05, 0) is 18.2 Å². The minimum Gasteiger partial charge on any atom is -0.360 e. The van der Waals surface area contributed by atoms with Gasteiger partial charge in [-0.1, -0.05) is 12.2 Å². The minimum atomic E-state index is 0.791. The predicted octanol–water partition coefficient (Wildman–Crippen LogP) is 2.29. The van der Waals surface area contributed by atoms with E-state index in [-0.39, 0.29) is 0 Å². The molecule has 0 amide bonds. The van der Waals surface area contributed by atoms with Gasteiger partial charge in [0.1, 0.15) is 5.52 Å². The molecule has 0 saturated carbocycles. The molecule has 11 heavy (non-hydrogen) atoms. The Hall–Kier alpha value is -1.22. The van der Waals surface area contributed by atoms with Crippen molar-refractivity contribution in [1.29, 1.82) is 0 Å². The van der Waals surface area contributed by atoms with Gasteiger partial charge in [0.25, 0.3) is 0 Å². The minimum absolute atomic E-state index is 0.791. The van der Waals surface area contributed by atoms with Gasteiger partial charge in [-0.15, -0.1) is 0 Å². The highest BCUT2D eigenvalue weighted by Crippen LogP contribution is 2.07. The van der Waals surface area contributed by atoms with E-state index in [1.54, 1.807) is 6.20 Å². The van der Waals surface area contributed by atoms with Crippen LogP contribution in [0.25, 0.3) is 11.0 Å². The summed E-state index contributed by atoms with van der Waals surface area (Å²) in [6.07, 6.45) is 3.57. The van der Waals surface area contributed by atoms with E-state index in [0.29, 0.717) is 0 Å². The van der Waals surface area contributed by atoms with Crippen molar-refractivity contribution in [3.8, 4) is 0 Å². The van der Waals surface area contributed by atoms with Crippen molar-refractivity contribution >= 4 is 23.3 Å². The third-order valence-corrected chi connectivity index (χ3v) is 1.84. The molecule has 0 aromatic carbocycles. The van der Waals surface area contributed by atoms with Gasteiger partial charge in [-0.3, -0.25) is 4.98 Å². The fraction of sp³-hybridized carbons (Fsp3) is 0. The van der Waals surface area contributed by atoms with Crippen LogP contribution in [0.3, 0.4) is 0 Å². The maximum atomic E-state index is 5.07. The Labute approximate surface area is 68.9 Å². The van der Waals surface area contributed by atoms with Crippen LogP contribution in [0.2, 0.25) is 0 Å². The van der Waals surface area contributed by atoms with Crippen molar-refractivity contribution in [3.63, 3.8) is 0 Å². The van der Waals surface area contributed by atoms with Crippen LogP contribution < -0.4 is 0 Å². The first kappa shape index (κ1) is 6.49. The zero-order valence-electron chi connectivity index (χ0n) is 5.74. The van der Waals surface area contributed by atoms with E-state index in [2.05, 4.69) is 9.97 Å². The van der Waals surface area contributed by atoms with Crippen LogP contribution in [0.4, 0.5) is 0 Å². The maximum Gasteiger partial charge on any atom is 0.104 e. The Kier molecular flexibility index (Phi) is 1.43. The quantitative estimate of drug-likeness (QED) is 0.602. The third kappa shape index (κ3) is 1.03. The monoisotopic (exact) mass is 162 g/mol. The predicted molar refractivity (Wildman–Crippen MR) is 46.9 cm³/mol. The van der Waals surface area contributed by atoms with Gasteiger partial charge in [-0.25, -0.2) is 0 Å². The molecule has 0 radical (unpaired) electrons. The number of nitrogens with zero attached hydrogens (tertiary/aromatic N) is 1. The van der Waals surface area contributed by atoms with Crippen molar-refractivity contribution in [2.75, 3.05) is 0 Å². The number of fused-ring (bicyclic) bond motifs is 1. The smallest absolute Gasteiger partial charge is 0.104 e. The average Bonchev–Trinajstić information content (AvgIpc) is 2.06. The van der Waals surface area contributed by atoms with Gasteiger partial charge in [0.05, 0.1) is 10.0 Å². The molecule has 0 fully saturated rings.